The van der Waals surface area contributed by atoms with Crippen LogP contribution in [0.15, 0.2) is 30.3 Å². The third-order valence-electron chi connectivity index (χ3n) is 4.80. The van der Waals surface area contributed by atoms with Gasteiger partial charge in [0, 0.05) is 35.6 Å². The number of nitrogens with zero attached hydrogens (tertiary/aromatic N) is 2. The van der Waals surface area contributed by atoms with Crippen molar-refractivity contribution in [3.05, 3.63) is 53.1 Å². The summed E-state index contributed by atoms with van der Waals surface area (Å²) in [4.78, 5) is 37.8. The van der Waals surface area contributed by atoms with Crippen molar-refractivity contribution >= 4 is 23.3 Å². The quantitative estimate of drug-likeness (QED) is 0.475. The normalized spacial score (nSPS) is 10.9. The lowest BCUT2D eigenvalue weighted by Gasteiger charge is -2.16. The van der Waals surface area contributed by atoms with Gasteiger partial charge in [0.15, 0.2) is 5.78 Å². The van der Waals surface area contributed by atoms with E-state index < -0.39 is 5.82 Å². The molecule has 8 heteroatoms. The van der Waals surface area contributed by atoms with E-state index in [2.05, 4.69) is 10.1 Å². The van der Waals surface area contributed by atoms with Gasteiger partial charge < -0.3 is 14.6 Å². The molecule has 0 aliphatic heterocycles. The molecular formula is C22H28FN3O4. The molecule has 1 heterocycles. The van der Waals surface area contributed by atoms with Crippen LogP contribution in [0.3, 0.4) is 0 Å². The second-order valence-electron chi connectivity index (χ2n) is 7.27. The van der Waals surface area contributed by atoms with Crippen molar-refractivity contribution in [2.24, 2.45) is 0 Å². The number of hydrogen-bond donors (Lipinski definition) is 1. The van der Waals surface area contributed by atoms with Gasteiger partial charge in [-0.1, -0.05) is 6.07 Å². The van der Waals surface area contributed by atoms with E-state index >= 15 is 0 Å². The molecule has 0 unspecified atom stereocenters. The zero-order valence-electron chi connectivity index (χ0n) is 17.8. The lowest BCUT2D eigenvalue weighted by atomic mass is 10.1. The van der Waals surface area contributed by atoms with E-state index in [1.807, 2.05) is 24.5 Å². The van der Waals surface area contributed by atoms with Gasteiger partial charge in [0.25, 0.3) is 0 Å². The number of benzene rings is 1. The first-order valence-electron chi connectivity index (χ1n) is 9.72. The van der Waals surface area contributed by atoms with E-state index in [-0.39, 0.29) is 30.7 Å². The molecule has 2 rings (SSSR count). The summed E-state index contributed by atoms with van der Waals surface area (Å²) in [6.45, 7) is 4.47. The van der Waals surface area contributed by atoms with Gasteiger partial charge in [0.1, 0.15) is 5.82 Å². The molecule has 30 heavy (non-hydrogen) atoms. The van der Waals surface area contributed by atoms with Gasteiger partial charge in [-0.2, -0.15) is 0 Å². The number of hydrogen-bond acceptors (Lipinski definition) is 5. The lowest BCUT2D eigenvalue weighted by Crippen LogP contribution is -2.34. The predicted octanol–water partition coefficient (Wildman–Crippen LogP) is 2.95. The Labute approximate surface area is 175 Å². The molecule has 0 saturated heterocycles. The Balaban J connectivity index is 1.92. The summed E-state index contributed by atoms with van der Waals surface area (Å²) >= 11 is 0. The minimum atomic E-state index is -0.432. The summed E-state index contributed by atoms with van der Waals surface area (Å²) in [5.41, 5.74) is 2.74. The second-order valence-corrected chi connectivity index (χ2v) is 7.27. The van der Waals surface area contributed by atoms with E-state index in [4.69, 9.17) is 0 Å². The van der Waals surface area contributed by atoms with Crippen LogP contribution in [0.5, 0.6) is 0 Å². The van der Waals surface area contributed by atoms with Gasteiger partial charge in [-0.3, -0.25) is 19.3 Å². The number of carbonyl (C=O) groups is 3. The molecule has 1 N–H and O–H groups in total. The highest BCUT2D eigenvalue weighted by Gasteiger charge is 2.18. The molecule has 1 aromatic heterocycles. The summed E-state index contributed by atoms with van der Waals surface area (Å²) in [6, 6.07) is 7.47. The fourth-order valence-corrected chi connectivity index (χ4v) is 3.31. The summed E-state index contributed by atoms with van der Waals surface area (Å²) in [5, 5.41) is 2.61. The highest BCUT2D eigenvalue weighted by Crippen LogP contribution is 2.17. The fraction of sp³-hybridized carbons (Fsp3) is 0.409. The van der Waals surface area contributed by atoms with Crippen LogP contribution >= 0.6 is 0 Å². The van der Waals surface area contributed by atoms with E-state index in [0.717, 1.165) is 11.4 Å². The van der Waals surface area contributed by atoms with Crippen LogP contribution in [0.2, 0.25) is 0 Å². The molecule has 1 aromatic carbocycles. The molecule has 0 radical (unpaired) electrons. The van der Waals surface area contributed by atoms with Gasteiger partial charge in [0.2, 0.25) is 5.91 Å². The van der Waals surface area contributed by atoms with Crippen LogP contribution in [0.1, 0.15) is 34.6 Å². The molecule has 0 spiro atoms. The highest BCUT2D eigenvalue weighted by molar-refractivity contribution is 5.99. The molecule has 0 saturated carbocycles. The predicted molar refractivity (Wildman–Crippen MR) is 112 cm³/mol. The summed E-state index contributed by atoms with van der Waals surface area (Å²) < 4.78 is 19.9. The number of anilines is 1. The number of rotatable bonds is 10. The van der Waals surface area contributed by atoms with Crippen molar-refractivity contribution in [2.75, 3.05) is 32.6 Å². The fourth-order valence-electron chi connectivity index (χ4n) is 3.31. The van der Waals surface area contributed by atoms with Crippen LogP contribution in [0, 0.1) is 19.7 Å². The maximum atomic E-state index is 13.2. The van der Waals surface area contributed by atoms with E-state index in [1.165, 1.54) is 25.3 Å². The van der Waals surface area contributed by atoms with Crippen molar-refractivity contribution < 1.29 is 23.5 Å². The van der Waals surface area contributed by atoms with Crippen LogP contribution < -0.4 is 5.32 Å². The third-order valence-corrected chi connectivity index (χ3v) is 4.80. The first kappa shape index (κ1) is 23.3. The Bertz CT molecular complexity index is 923. The van der Waals surface area contributed by atoms with Crippen molar-refractivity contribution in [1.29, 1.82) is 0 Å². The first-order valence-corrected chi connectivity index (χ1v) is 9.72. The Kier molecular flexibility index (Phi) is 8.29. The second kappa shape index (κ2) is 10.7. The number of ketones is 1. The molecule has 0 aliphatic rings. The summed E-state index contributed by atoms with van der Waals surface area (Å²) in [5.74, 6) is -1.11. The van der Waals surface area contributed by atoms with Crippen molar-refractivity contribution in [3.63, 3.8) is 0 Å². The zero-order valence-corrected chi connectivity index (χ0v) is 17.8. The standard InChI is InChI=1S/C22H28FN3O4/c1-15-11-19(16(2)26(15)10-6-9-22(29)30-4)20(27)13-25(3)14-21(28)24-18-8-5-7-17(23)12-18/h5,7-8,11-12H,6,9-10,13-14H2,1-4H3,(H,24,28). The number of aromatic nitrogens is 1. The smallest absolute Gasteiger partial charge is 0.305 e. The SMILES string of the molecule is COC(=O)CCCn1c(C)cc(C(=O)CN(C)CC(=O)Nc2cccc(F)c2)c1C. The van der Waals surface area contributed by atoms with Gasteiger partial charge >= 0.3 is 5.97 Å². The molecule has 7 nitrogen and oxygen atoms in total. The van der Waals surface area contributed by atoms with E-state index in [9.17, 15) is 18.8 Å². The van der Waals surface area contributed by atoms with Gasteiger partial charge in [-0.15, -0.1) is 0 Å². The average Bonchev–Trinajstić information content (AvgIpc) is 2.95. The number of halogens is 1. The van der Waals surface area contributed by atoms with Crippen LogP contribution in [0.25, 0.3) is 0 Å². The molecular weight excluding hydrogens is 389 g/mol. The number of methoxy groups -OCH3 is 1. The number of amides is 1. The number of carbonyl (C=O) groups excluding carboxylic acids is 3. The van der Waals surface area contributed by atoms with E-state index in [0.29, 0.717) is 30.6 Å². The minimum Gasteiger partial charge on any atom is -0.469 e. The largest absolute Gasteiger partial charge is 0.469 e. The zero-order chi connectivity index (χ0) is 22.3. The highest BCUT2D eigenvalue weighted by atomic mass is 19.1. The van der Waals surface area contributed by atoms with Gasteiger partial charge in [-0.25, -0.2) is 4.39 Å². The maximum Gasteiger partial charge on any atom is 0.305 e. The summed E-state index contributed by atoms with van der Waals surface area (Å²) in [6.07, 6.45) is 0.941. The van der Waals surface area contributed by atoms with E-state index in [1.54, 1.807) is 18.0 Å². The number of esters is 1. The lowest BCUT2D eigenvalue weighted by molar-refractivity contribution is -0.140. The number of aryl methyl sites for hydroxylation is 1. The summed E-state index contributed by atoms with van der Waals surface area (Å²) in [7, 11) is 3.04. The number of ether oxygens (including phenoxy) is 1. The van der Waals surface area contributed by atoms with Crippen LogP contribution in [-0.4, -0.2) is 54.4 Å². The Morgan fingerprint density at radius 2 is 1.90 bits per heavy atom. The average molecular weight is 417 g/mol. The Morgan fingerprint density at radius 3 is 2.57 bits per heavy atom. The maximum absolute atomic E-state index is 13.2. The molecule has 0 aliphatic carbocycles. The number of Topliss-reactive ketones (excluding diaryl/α,β-unsaturated/α-hetero) is 1. The molecule has 0 fully saturated rings. The van der Waals surface area contributed by atoms with Crippen LogP contribution in [-0.2, 0) is 20.9 Å². The van der Waals surface area contributed by atoms with Gasteiger partial charge in [0.05, 0.1) is 20.2 Å². The van der Waals surface area contributed by atoms with Crippen molar-refractivity contribution in [3.8, 4) is 0 Å². The van der Waals surface area contributed by atoms with Crippen molar-refractivity contribution in [2.45, 2.75) is 33.2 Å². The van der Waals surface area contributed by atoms with Gasteiger partial charge in [-0.05, 0) is 51.6 Å². The molecule has 162 valence electrons. The number of nitrogens with one attached hydrogen (secondary N) is 1. The number of likely N-dealkylation sites (N-methyl/N-ethyl adjacent to an activating group) is 1. The first-order chi connectivity index (χ1) is 14.2. The Morgan fingerprint density at radius 1 is 1.17 bits per heavy atom. The third kappa shape index (κ3) is 6.52. The molecule has 1 amide bonds. The monoisotopic (exact) mass is 417 g/mol. The van der Waals surface area contributed by atoms with Crippen LogP contribution in [0.4, 0.5) is 10.1 Å². The van der Waals surface area contributed by atoms with Crippen molar-refractivity contribution in [1.82, 2.24) is 9.47 Å². The molecule has 0 atom stereocenters. The Hall–Kier alpha value is -3.00. The molecule has 2 aromatic rings. The topological polar surface area (TPSA) is 80.6 Å². The minimum absolute atomic E-state index is 0.000120. The molecule has 0 bridgehead atoms.